The summed E-state index contributed by atoms with van der Waals surface area (Å²) in [5, 5.41) is 0. The van der Waals surface area contributed by atoms with Crippen molar-refractivity contribution in [1.82, 2.24) is 4.90 Å². The van der Waals surface area contributed by atoms with Gasteiger partial charge >= 0.3 is 0 Å². The van der Waals surface area contributed by atoms with Crippen molar-refractivity contribution in [1.29, 1.82) is 0 Å². The zero-order valence-corrected chi connectivity index (χ0v) is 12.7. The highest BCUT2D eigenvalue weighted by Gasteiger charge is 2.08. The maximum atomic E-state index is 5.20. The van der Waals surface area contributed by atoms with Crippen LogP contribution in [0.4, 0.5) is 5.69 Å². The van der Waals surface area contributed by atoms with E-state index in [9.17, 15) is 0 Å². The Morgan fingerprint density at radius 1 is 1.06 bits per heavy atom. The lowest BCUT2D eigenvalue weighted by Crippen LogP contribution is -2.25. The van der Waals surface area contributed by atoms with Crippen molar-refractivity contribution < 1.29 is 0 Å². The molecule has 0 saturated carbocycles. The second kappa shape index (κ2) is 7.19. The number of hydrogen-bond donors (Lipinski definition) is 0. The van der Waals surface area contributed by atoms with Crippen molar-refractivity contribution in [2.24, 2.45) is 0 Å². The van der Waals surface area contributed by atoms with Crippen molar-refractivity contribution in [3.8, 4) is 0 Å². The highest BCUT2D eigenvalue weighted by Crippen LogP contribution is 2.21. The van der Waals surface area contributed by atoms with Crippen molar-refractivity contribution in [3.63, 3.8) is 0 Å². The topological polar surface area (TPSA) is 6.48 Å². The molecule has 96 valence electrons. The van der Waals surface area contributed by atoms with Gasteiger partial charge in [-0.15, -0.1) is 0 Å². The van der Waals surface area contributed by atoms with Gasteiger partial charge in [0, 0.05) is 13.6 Å². The molecule has 0 spiro atoms. The second-order valence-corrected chi connectivity index (χ2v) is 5.23. The Balaban J connectivity index is 2.22. The Morgan fingerprint density at radius 3 is 2.12 bits per heavy atom. The predicted molar refractivity (Wildman–Crippen MR) is 80.8 cm³/mol. The smallest absolute Gasteiger partial charge is 0.0792 e. The molecule has 0 aliphatic carbocycles. The van der Waals surface area contributed by atoms with Crippen LogP contribution in [0.2, 0.25) is 0 Å². The Bertz CT molecular complexity index is 403. The minimum atomic E-state index is 0.838. The molecule has 0 radical (unpaired) electrons. The van der Waals surface area contributed by atoms with Gasteiger partial charge in [-0.1, -0.05) is 38.3 Å². The molecule has 0 heterocycles. The maximum Gasteiger partial charge on any atom is 0.0792 e. The van der Waals surface area contributed by atoms with Crippen LogP contribution in [-0.2, 0) is 0 Å². The maximum absolute atomic E-state index is 5.20. The van der Waals surface area contributed by atoms with Crippen molar-refractivity contribution in [3.05, 3.63) is 15.1 Å². The molecule has 0 N–H and O–H groups in total. The molecule has 17 heavy (non-hydrogen) atoms. The number of hydrogen-bond acceptors (Lipinski definition) is 4. The van der Waals surface area contributed by atoms with E-state index in [0.717, 1.165) is 34.3 Å². The first-order valence-electron chi connectivity index (χ1n) is 6.34. The summed E-state index contributed by atoms with van der Waals surface area (Å²) in [6, 6.07) is 2.00. The number of rotatable bonds is 8. The van der Waals surface area contributed by atoms with Crippen LogP contribution in [0.25, 0.3) is 0 Å². The van der Waals surface area contributed by atoms with Gasteiger partial charge in [0.15, 0.2) is 0 Å². The van der Waals surface area contributed by atoms with E-state index in [4.69, 9.17) is 24.4 Å². The molecular formula is C13H22N2S2. The molecule has 0 saturated heterocycles. The molecule has 4 heteroatoms. The van der Waals surface area contributed by atoms with E-state index >= 15 is 0 Å². The van der Waals surface area contributed by atoms with Gasteiger partial charge in [-0.05, 0) is 38.5 Å². The fraction of sp³-hybridized carbons (Fsp3) is 0.692. The van der Waals surface area contributed by atoms with Crippen LogP contribution >= 0.6 is 24.4 Å². The zero-order valence-electron chi connectivity index (χ0n) is 11.0. The lowest BCUT2D eigenvalue weighted by molar-refractivity contribution is 0.297. The molecule has 0 bridgehead atoms. The second-order valence-electron chi connectivity index (χ2n) is 4.38. The summed E-state index contributed by atoms with van der Waals surface area (Å²) in [6.07, 6.45) is 2.45. The fourth-order valence-electron chi connectivity index (χ4n) is 1.93. The predicted octanol–water partition coefficient (Wildman–Crippen LogP) is 3.58. The summed E-state index contributed by atoms with van der Waals surface area (Å²) in [7, 11) is 2.09. The van der Waals surface area contributed by atoms with Crippen LogP contribution in [0.5, 0.6) is 0 Å². The van der Waals surface area contributed by atoms with Crippen molar-refractivity contribution in [2.45, 2.75) is 26.7 Å². The van der Waals surface area contributed by atoms with Gasteiger partial charge in [0.25, 0.3) is 0 Å². The van der Waals surface area contributed by atoms with Gasteiger partial charge in [0.2, 0.25) is 0 Å². The van der Waals surface area contributed by atoms with Crippen LogP contribution < -0.4 is 4.90 Å². The lowest BCUT2D eigenvalue weighted by Gasteiger charge is -2.22. The molecule has 0 fully saturated rings. The molecule has 0 amide bonds. The van der Waals surface area contributed by atoms with E-state index in [0.29, 0.717) is 0 Å². The third-order valence-corrected chi connectivity index (χ3v) is 4.13. The highest BCUT2D eigenvalue weighted by atomic mass is 32.1. The molecule has 0 unspecified atom stereocenters. The Hall–Kier alpha value is -0.320. The molecule has 0 atom stereocenters. The van der Waals surface area contributed by atoms with Gasteiger partial charge in [0.1, 0.15) is 0 Å². The molecule has 2 nitrogen and oxygen atoms in total. The van der Waals surface area contributed by atoms with Gasteiger partial charge in [-0.25, -0.2) is 0 Å². The minimum Gasteiger partial charge on any atom is -0.373 e. The Labute approximate surface area is 115 Å². The largest absolute Gasteiger partial charge is 0.373 e. The van der Waals surface area contributed by atoms with Crippen molar-refractivity contribution >= 4 is 30.1 Å². The molecule has 1 aromatic carbocycles. The Kier molecular flexibility index (Phi) is 6.23. The minimum absolute atomic E-state index is 0.838. The van der Waals surface area contributed by atoms with E-state index in [1.54, 1.807) is 0 Å². The lowest BCUT2D eigenvalue weighted by atomic mass is 10.2. The molecule has 0 aliphatic heterocycles. The zero-order chi connectivity index (χ0) is 12.8. The SMILES string of the molecule is CCN(CC)CCCCN(C)c1cc(=S)c1=S. The average molecular weight is 270 g/mol. The molecule has 0 aromatic heterocycles. The molecule has 0 aliphatic rings. The summed E-state index contributed by atoms with van der Waals surface area (Å²) in [6.45, 7) is 8.99. The highest BCUT2D eigenvalue weighted by molar-refractivity contribution is 7.74. The normalized spacial score (nSPS) is 11.3. The summed E-state index contributed by atoms with van der Waals surface area (Å²) < 4.78 is 1.70. The quantitative estimate of drug-likeness (QED) is 0.526. The number of unbranched alkanes of at least 4 members (excludes halogenated alkanes) is 1. The van der Waals surface area contributed by atoms with Crippen LogP contribution in [-0.4, -0.2) is 38.1 Å². The van der Waals surface area contributed by atoms with Crippen LogP contribution in [0.3, 0.4) is 0 Å². The summed E-state index contributed by atoms with van der Waals surface area (Å²) in [5.41, 5.74) is 1.15. The third kappa shape index (κ3) is 4.12. The summed E-state index contributed by atoms with van der Waals surface area (Å²) >= 11 is 10.3. The van der Waals surface area contributed by atoms with E-state index in [1.807, 2.05) is 6.07 Å². The van der Waals surface area contributed by atoms with Gasteiger partial charge in [-0.3, -0.25) is 0 Å². The van der Waals surface area contributed by atoms with E-state index < -0.39 is 0 Å². The van der Waals surface area contributed by atoms with E-state index in [2.05, 4.69) is 30.7 Å². The first-order chi connectivity index (χ1) is 8.10. The van der Waals surface area contributed by atoms with E-state index in [-0.39, 0.29) is 0 Å². The van der Waals surface area contributed by atoms with Crippen LogP contribution in [0.1, 0.15) is 26.7 Å². The fourth-order valence-corrected chi connectivity index (χ4v) is 2.42. The van der Waals surface area contributed by atoms with Crippen LogP contribution in [0.15, 0.2) is 6.07 Å². The van der Waals surface area contributed by atoms with Gasteiger partial charge < -0.3 is 9.80 Å². The molecule has 1 aromatic rings. The standard InChI is InChI=1S/C13H22N2S2/c1-4-15(5-2)9-7-6-8-14(3)11-10-12(16)13(11)17/h10H,4-9H2,1-3H3. The van der Waals surface area contributed by atoms with E-state index in [1.165, 1.54) is 19.4 Å². The van der Waals surface area contributed by atoms with Crippen LogP contribution in [0, 0.1) is 9.02 Å². The number of nitrogens with zero attached hydrogens (tertiary/aromatic N) is 2. The Morgan fingerprint density at radius 2 is 1.65 bits per heavy atom. The monoisotopic (exact) mass is 270 g/mol. The summed E-state index contributed by atoms with van der Waals surface area (Å²) in [4.78, 5) is 4.68. The summed E-state index contributed by atoms with van der Waals surface area (Å²) in [5.74, 6) is 0. The third-order valence-electron chi connectivity index (χ3n) is 3.25. The first kappa shape index (κ1) is 14.7. The molecule has 1 rings (SSSR count). The van der Waals surface area contributed by atoms with Crippen molar-refractivity contribution in [2.75, 3.05) is 38.1 Å². The average Bonchev–Trinajstić information content (AvgIpc) is 2.35. The number of anilines is 1. The van der Waals surface area contributed by atoms with Gasteiger partial charge in [0.05, 0.1) is 14.7 Å². The molecular weight excluding hydrogens is 248 g/mol. The first-order valence-corrected chi connectivity index (χ1v) is 7.15. The van der Waals surface area contributed by atoms with Gasteiger partial charge in [-0.2, -0.15) is 0 Å².